The number of halogens is 1. The number of carbonyl (C=O) groups is 1. The summed E-state index contributed by atoms with van der Waals surface area (Å²) in [5, 5.41) is 3.44. The van der Waals surface area contributed by atoms with Crippen LogP contribution in [0.2, 0.25) is 5.02 Å². The molecule has 0 radical (unpaired) electrons. The lowest BCUT2D eigenvalue weighted by atomic mass is 9.98. The number of ether oxygens (including phenoxy) is 1. The van der Waals surface area contributed by atoms with Crippen molar-refractivity contribution in [1.82, 2.24) is 9.62 Å². The number of nitrogens with zero attached hydrogens (tertiary/aromatic N) is 1. The van der Waals surface area contributed by atoms with Gasteiger partial charge in [-0.15, -0.1) is 0 Å². The number of carbonyl (C=O) groups excluding carboxylic acids is 1. The minimum absolute atomic E-state index is 0.0707. The van der Waals surface area contributed by atoms with E-state index >= 15 is 0 Å². The lowest BCUT2D eigenvalue weighted by Gasteiger charge is -2.31. The van der Waals surface area contributed by atoms with E-state index in [1.807, 2.05) is 0 Å². The number of piperidine rings is 1. The van der Waals surface area contributed by atoms with Gasteiger partial charge in [-0.25, -0.2) is 8.42 Å². The molecule has 1 amide bonds. The molecule has 2 aliphatic rings. The molecule has 1 aromatic rings. The first-order chi connectivity index (χ1) is 14.0. The molecule has 0 aromatic heterocycles. The van der Waals surface area contributed by atoms with Crippen LogP contribution in [-0.4, -0.2) is 51.0 Å². The van der Waals surface area contributed by atoms with Gasteiger partial charge in [0.2, 0.25) is 15.9 Å². The lowest BCUT2D eigenvalue weighted by Crippen LogP contribution is -2.45. The predicted octanol–water partition coefficient (Wildman–Crippen LogP) is 3.60. The molecule has 0 bridgehead atoms. The third kappa shape index (κ3) is 6.41. The average molecular weight is 443 g/mol. The minimum Gasteiger partial charge on any atom is -0.378 e. The van der Waals surface area contributed by atoms with Crippen LogP contribution in [0.25, 0.3) is 0 Å². The van der Waals surface area contributed by atoms with Crippen LogP contribution in [0.5, 0.6) is 0 Å². The van der Waals surface area contributed by atoms with Gasteiger partial charge in [0, 0.05) is 31.3 Å². The van der Waals surface area contributed by atoms with E-state index in [1.165, 1.54) is 35.7 Å². The summed E-state index contributed by atoms with van der Waals surface area (Å²) in [4.78, 5) is 12.7. The zero-order valence-electron chi connectivity index (χ0n) is 16.8. The first kappa shape index (κ1) is 22.5. The highest BCUT2D eigenvalue weighted by atomic mass is 35.5. The molecule has 1 atom stereocenters. The SMILES string of the molecule is O=C(NCCCOC1CCCCC1)[C@@H]1CCCN(S(=O)(=O)c2ccc(Cl)cc2)C1. The van der Waals surface area contributed by atoms with Crippen molar-refractivity contribution in [3.8, 4) is 0 Å². The summed E-state index contributed by atoms with van der Waals surface area (Å²) in [5.41, 5.74) is 0. The van der Waals surface area contributed by atoms with Gasteiger partial charge in [-0.05, 0) is 56.4 Å². The first-order valence-corrected chi connectivity index (χ1v) is 12.4. The van der Waals surface area contributed by atoms with Gasteiger partial charge in [0.1, 0.15) is 0 Å². The Kier molecular flexibility index (Phi) is 8.35. The van der Waals surface area contributed by atoms with Crippen LogP contribution in [0.4, 0.5) is 0 Å². The topological polar surface area (TPSA) is 75.7 Å². The minimum atomic E-state index is -3.61. The Morgan fingerprint density at radius 2 is 1.83 bits per heavy atom. The Morgan fingerprint density at radius 1 is 1.10 bits per heavy atom. The van der Waals surface area contributed by atoms with Crippen molar-refractivity contribution < 1.29 is 17.9 Å². The van der Waals surface area contributed by atoms with Gasteiger partial charge >= 0.3 is 0 Å². The quantitative estimate of drug-likeness (QED) is 0.624. The fourth-order valence-corrected chi connectivity index (χ4v) is 5.69. The van der Waals surface area contributed by atoms with E-state index in [2.05, 4.69) is 5.32 Å². The van der Waals surface area contributed by atoms with Crippen LogP contribution in [-0.2, 0) is 19.6 Å². The molecule has 1 aliphatic carbocycles. The number of hydrogen-bond donors (Lipinski definition) is 1. The summed E-state index contributed by atoms with van der Waals surface area (Å²) in [6.45, 7) is 1.87. The van der Waals surface area contributed by atoms with Crippen LogP contribution in [0, 0.1) is 5.92 Å². The third-order valence-electron chi connectivity index (χ3n) is 5.73. The Morgan fingerprint density at radius 3 is 2.55 bits per heavy atom. The Bertz CT molecular complexity index is 763. The zero-order valence-corrected chi connectivity index (χ0v) is 18.4. The standard InChI is InChI=1S/C21H31ClN2O4S/c22-18-9-11-20(12-10-18)29(26,27)24-14-4-6-17(16-24)21(25)23-13-5-15-28-19-7-2-1-3-8-19/h9-12,17,19H,1-8,13-16H2,(H,23,25)/t17-/m1/s1. The van der Waals surface area contributed by atoms with E-state index < -0.39 is 10.0 Å². The van der Waals surface area contributed by atoms with Crippen LogP contribution in [0.15, 0.2) is 29.2 Å². The van der Waals surface area contributed by atoms with E-state index in [-0.39, 0.29) is 23.3 Å². The van der Waals surface area contributed by atoms with E-state index in [0.29, 0.717) is 43.7 Å². The van der Waals surface area contributed by atoms with Crippen molar-refractivity contribution in [3.63, 3.8) is 0 Å². The molecule has 1 heterocycles. The number of benzene rings is 1. The van der Waals surface area contributed by atoms with Gasteiger partial charge in [-0.1, -0.05) is 30.9 Å². The largest absolute Gasteiger partial charge is 0.378 e. The molecule has 162 valence electrons. The highest BCUT2D eigenvalue weighted by Crippen LogP contribution is 2.25. The monoisotopic (exact) mass is 442 g/mol. The van der Waals surface area contributed by atoms with Gasteiger partial charge in [-0.3, -0.25) is 4.79 Å². The maximum Gasteiger partial charge on any atom is 0.243 e. The molecule has 0 spiro atoms. The van der Waals surface area contributed by atoms with Gasteiger partial charge in [-0.2, -0.15) is 4.31 Å². The number of rotatable bonds is 8. The second-order valence-corrected chi connectivity index (χ2v) is 10.3. The number of hydrogen-bond acceptors (Lipinski definition) is 4. The van der Waals surface area contributed by atoms with E-state index in [9.17, 15) is 13.2 Å². The number of sulfonamides is 1. The summed E-state index contributed by atoms with van der Waals surface area (Å²) in [5.74, 6) is -0.385. The lowest BCUT2D eigenvalue weighted by molar-refractivity contribution is -0.126. The van der Waals surface area contributed by atoms with Gasteiger partial charge < -0.3 is 10.1 Å². The maximum absolute atomic E-state index is 12.9. The van der Waals surface area contributed by atoms with Crippen molar-refractivity contribution in [2.75, 3.05) is 26.2 Å². The molecule has 6 nitrogen and oxygen atoms in total. The highest BCUT2D eigenvalue weighted by Gasteiger charge is 2.33. The molecule has 1 aromatic carbocycles. The molecule has 1 aliphatic heterocycles. The number of nitrogens with one attached hydrogen (secondary N) is 1. The van der Waals surface area contributed by atoms with Gasteiger partial charge in [0.25, 0.3) is 0 Å². The van der Waals surface area contributed by atoms with Crippen LogP contribution in [0.1, 0.15) is 51.4 Å². The van der Waals surface area contributed by atoms with Crippen molar-refractivity contribution in [3.05, 3.63) is 29.3 Å². The maximum atomic E-state index is 12.9. The van der Waals surface area contributed by atoms with Crippen molar-refractivity contribution in [2.45, 2.75) is 62.4 Å². The Hall–Kier alpha value is -1.15. The molecule has 8 heteroatoms. The second kappa shape index (κ2) is 10.8. The molecule has 0 unspecified atom stereocenters. The Labute approximate surface area is 179 Å². The molecule has 2 fully saturated rings. The molecule has 1 saturated heterocycles. The molecular formula is C21H31ClN2O4S. The van der Waals surface area contributed by atoms with E-state index in [0.717, 1.165) is 19.3 Å². The first-order valence-electron chi connectivity index (χ1n) is 10.6. The summed E-state index contributed by atoms with van der Waals surface area (Å²) < 4.78 is 33.0. The second-order valence-electron chi connectivity index (χ2n) is 7.93. The fraction of sp³-hybridized carbons (Fsp3) is 0.667. The highest BCUT2D eigenvalue weighted by molar-refractivity contribution is 7.89. The average Bonchev–Trinajstić information content (AvgIpc) is 2.74. The molecule has 3 rings (SSSR count). The van der Waals surface area contributed by atoms with Gasteiger partial charge in [0.15, 0.2) is 0 Å². The molecule has 29 heavy (non-hydrogen) atoms. The smallest absolute Gasteiger partial charge is 0.243 e. The van der Waals surface area contributed by atoms with Crippen molar-refractivity contribution >= 4 is 27.5 Å². The van der Waals surface area contributed by atoms with Crippen molar-refractivity contribution in [1.29, 1.82) is 0 Å². The van der Waals surface area contributed by atoms with E-state index in [1.54, 1.807) is 12.1 Å². The zero-order chi connectivity index (χ0) is 20.7. The third-order valence-corrected chi connectivity index (χ3v) is 7.86. The van der Waals surface area contributed by atoms with Crippen molar-refractivity contribution in [2.24, 2.45) is 5.92 Å². The molecular weight excluding hydrogens is 412 g/mol. The molecule has 1 N–H and O–H groups in total. The fourth-order valence-electron chi connectivity index (χ4n) is 4.04. The summed E-state index contributed by atoms with van der Waals surface area (Å²) in [6.07, 6.45) is 8.64. The van der Waals surface area contributed by atoms with Crippen LogP contribution in [0.3, 0.4) is 0 Å². The normalized spacial score (nSPS) is 21.8. The summed E-state index contributed by atoms with van der Waals surface area (Å²) in [6, 6.07) is 6.15. The van der Waals surface area contributed by atoms with Crippen LogP contribution < -0.4 is 5.32 Å². The Balaban J connectivity index is 1.43. The van der Waals surface area contributed by atoms with Crippen LogP contribution >= 0.6 is 11.6 Å². The summed E-state index contributed by atoms with van der Waals surface area (Å²) >= 11 is 5.86. The summed E-state index contributed by atoms with van der Waals surface area (Å²) in [7, 11) is -3.61. The molecule has 1 saturated carbocycles. The van der Waals surface area contributed by atoms with E-state index in [4.69, 9.17) is 16.3 Å². The van der Waals surface area contributed by atoms with Gasteiger partial charge in [0.05, 0.1) is 16.9 Å². The predicted molar refractivity (Wildman–Crippen MR) is 113 cm³/mol. The number of amides is 1.